The quantitative estimate of drug-likeness (QED) is 0.307. The maximum Gasteiger partial charge on any atom is 0.0239 e. The predicted molar refractivity (Wildman–Crippen MR) is 120 cm³/mol. The van der Waals surface area contributed by atoms with Crippen molar-refractivity contribution in [1.82, 2.24) is 4.98 Å². The SMILES string of the molecule is CC(C)Cc1cc[c-]c(-c2cc3cc4c(cc3cn2)C(C)(C)CCC4(C)C)c1.[Ir]. The molecule has 1 aliphatic rings. The minimum absolute atomic E-state index is 0. The standard InChI is InChI=1S/C27H32N.Ir/c1-18(2)12-19-8-7-9-20(13-19)25-16-21-14-23-24(15-22(21)17-28-25)27(5,6)11-10-26(23,3)4;/h7-8,13-18H,10-12H2,1-6H3;/q-1;. The summed E-state index contributed by atoms with van der Waals surface area (Å²) in [5.74, 6) is 0.650. The smallest absolute Gasteiger partial charge is 0.0239 e. The number of nitrogens with zero attached hydrogens (tertiary/aromatic N) is 1. The molecule has 3 aromatic rings. The van der Waals surface area contributed by atoms with Crippen LogP contribution in [0.25, 0.3) is 22.0 Å². The van der Waals surface area contributed by atoms with Crippen LogP contribution in [0.1, 0.15) is 71.1 Å². The van der Waals surface area contributed by atoms with Gasteiger partial charge in [-0.3, -0.25) is 0 Å². The van der Waals surface area contributed by atoms with Gasteiger partial charge in [-0.1, -0.05) is 53.7 Å². The van der Waals surface area contributed by atoms with E-state index in [0.717, 1.165) is 17.7 Å². The van der Waals surface area contributed by atoms with Gasteiger partial charge in [0, 0.05) is 26.3 Å². The Kier molecular flexibility index (Phi) is 6.10. The average Bonchev–Trinajstić information content (AvgIpc) is 2.64. The first-order chi connectivity index (χ1) is 13.2. The average molecular weight is 563 g/mol. The molecule has 0 spiro atoms. The number of pyridine rings is 1. The van der Waals surface area contributed by atoms with E-state index in [9.17, 15) is 0 Å². The Hall–Kier alpha value is -1.50. The van der Waals surface area contributed by atoms with Crippen molar-refractivity contribution in [3.8, 4) is 11.3 Å². The number of hydrogen-bond acceptors (Lipinski definition) is 1. The summed E-state index contributed by atoms with van der Waals surface area (Å²) in [6, 6.07) is 16.9. The molecule has 0 saturated carbocycles. The van der Waals surface area contributed by atoms with Crippen LogP contribution in [0.3, 0.4) is 0 Å². The third-order valence-corrected chi connectivity index (χ3v) is 6.48. The molecule has 4 rings (SSSR count). The van der Waals surface area contributed by atoms with Crippen LogP contribution < -0.4 is 0 Å². The van der Waals surface area contributed by atoms with E-state index in [0.29, 0.717) is 5.92 Å². The fourth-order valence-corrected chi connectivity index (χ4v) is 4.62. The summed E-state index contributed by atoms with van der Waals surface area (Å²) in [6.07, 6.45) is 5.61. The second kappa shape index (κ2) is 7.97. The first kappa shape index (κ1) is 22.2. The molecule has 1 radical (unpaired) electrons. The van der Waals surface area contributed by atoms with Gasteiger partial charge in [0.15, 0.2) is 0 Å². The van der Waals surface area contributed by atoms with Gasteiger partial charge in [-0.05, 0) is 69.7 Å². The van der Waals surface area contributed by atoms with Gasteiger partial charge in [0.05, 0.1) is 0 Å². The Morgan fingerprint density at radius 3 is 2.17 bits per heavy atom. The van der Waals surface area contributed by atoms with Crippen molar-refractivity contribution in [2.45, 2.75) is 71.6 Å². The van der Waals surface area contributed by atoms with Crippen LogP contribution in [0.15, 0.2) is 42.6 Å². The molecule has 0 saturated heterocycles. The summed E-state index contributed by atoms with van der Waals surface area (Å²) in [6.45, 7) is 14.1. The van der Waals surface area contributed by atoms with Crippen LogP contribution in [0, 0.1) is 12.0 Å². The molecule has 0 aliphatic heterocycles. The van der Waals surface area contributed by atoms with Crippen LogP contribution in [-0.2, 0) is 37.4 Å². The molecule has 2 heteroatoms. The largest absolute Gasteiger partial charge is 0.304 e. The molecule has 2 aromatic carbocycles. The zero-order chi connectivity index (χ0) is 20.1. The molecule has 155 valence electrons. The van der Waals surface area contributed by atoms with Gasteiger partial charge in [0.2, 0.25) is 0 Å². The zero-order valence-corrected chi connectivity index (χ0v) is 20.9. The number of hydrogen-bond donors (Lipinski definition) is 0. The fraction of sp³-hybridized carbons (Fsp3) is 0.444. The molecule has 0 unspecified atom stereocenters. The Balaban J connectivity index is 0.00000240. The van der Waals surface area contributed by atoms with Gasteiger partial charge in [-0.25, -0.2) is 0 Å². The first-order valence-electron chi connectivity index (χ1n) is 10.6. The van der Waals surface area contributed by atoms with E-state index in [1.807, 2.05) is 12.3 Å². The van der Waals surface area contributed by atoms with E-state index in [2.05, 4.69) is 77.9 Å². The van der Waals surface area contributed by atoms with E-state index in [-0.39, 0.29) is 30.9 Å². The maximum atomic E-state index is 4.80. The zero-order valence-electron chi connectivity index (χ0n) is 18.5. The molecule has 1 aliphatic carbocycles. The normalized spacial score (nSPS) is 17.1. The monoisotopic (exact) mass is 563 g/mol. The number of benzene rings is 2. The Labute approximate surface area is 189 Å². The van der Waals surface area contributed by atoms with E-state index in [4.69, 9.17) is 4.98 Å². The van der Waals surface area contributed by atoms with Crippen LogP contribution in [0.2, 0.25) is 0 Å². The summed E-state index contributed by atoms with van der Waals surface area (Å²) in [4.78, 5) is 4.80. The second-order valence-corrected chi connectivity index (χ2v) is 10.3. The molecule has 1 heterocycles. The molecule has 1 nitrogen and oxygen atoms in total. The first-order valence-corrected chi connectivity index (χ1v) is 10.6. The summed E-state index contributed by atoms with van der Waals surface area (Å²) in [7, 11) is 0. The summed E-state index contributed by atoms with van der Waals surface area (Å²) >= 11 is 0. The van der Waals surface area contributed by atoms with Gasteiger partial charge in [-0.15, -0.1) is 35.4 Å². The Bertz CT molecular complexity index is 1030. The van der Waals surface area contributed by atoms with Crippen molar-refractivity contribution in [3.63, 3.8) is 0 Å². The molecule has 1 aromatic heterocycles. The molecule has 0 atom stereocenters. The van der Waals surface area contributed by atoms with Gasteiger partial charge in [0.25, 0.3) is 0 Å². The molecular formula is C27H32IrN-. The van der Waals surface area contributed by atoms with Crippen molar-refractivity contribution < 1.29 is 20.1 Å². The molecule has 0 bridgehead atoms. The van der Waals surface area contributed by atoms with E-state index < -0.39 is 0 Å². The van der Waals surface area contributed by atoms with Gasteiger partial charge < -0.3 is 4.98 Å². The second-order valence-electron chi connectivity index (χ2n) is 10.3. The summed E-state index contributed by atoms with van der Waals surface area (Å²) in [5, 5.41) is 2.53. The van der Waals surface area contributed by atoms with Crippen LogP contribution in [0.4, 0.5) is 0 Å². The number of rotatable bonds is 3. The maximum absolute atomic E-state index is 4.80. The van der Waals surface area contributed by atoms with Crippen molar-refractivity contribution >= 4 is 10.8 Å². The van der Waals surface area contributed by atoms with E-state index in [1.54, 1.807) is 0 Å². The van der Waals surface area contributed by atoms with E-state index in [1.165, 1.54) is 40.3 Å². The molecule has 0 amide bonds. The fourth-order valence-electron chi connectivity index (χ4n) is 4.62. The summed E-state index contributed by atoms with van der Waals surface area (Å²) in [5.41, 5.74) is 6.94. The van der Waals surface area contributed by atoms with Gasteiger partial charge in [0.1, 0.15) is 0 Å². The summed E-state index contributed by atoms with van der Waals surface area (Å²) < 4.78 is 0. The Morgan fingerprint density at radius 1 is 0.931 bits per heavy atom. The Morgan fingerprint density at radius 2 is 1.55 bits per heavy atom. The topological polar surface area (TPSA) is 12.9 Å². The third-order valence-electron chi connectivity index (χ3n) is 6.48. The van der Waals surface area contributed by atoms with Gasteiger partial charge >= 0.3 is 0 Å². The van der Waals surface area contributed by atoms with Crippen molar-refractivity contribution in [2.24, 2.45) is 5.92 Å². The van der Waals surface area contributed by atoms with Crippen LogP contribution >= 0.6 is 0 Å². The van der Waals surface area contributed by atoms with Crippen molar-refractivity contribution in [1.29, 1.82) is 0 Å². The minimum atomic E-state index is 0. The molecular weight excluding hydrogens is 531 g/mol. The van der Waals surface area contributed by atoms with Crippen LogP contribution in [0.5, 0.6) is 0 Å². The predicted octanol–water partition coefficient (Wildman–Crippen LogP) is 7.25. The minimum Gasteiger partial charge on any atom is -0.304 e. The van der Waals surface area contributed by atoms with Crippen LogP contribution in [-0.4, -0.2) is 4.98 Å². The number of fused-ring (bicyclic) bond motifs is 2. The molecule has 0 N–H and O–H groups in total. The molecule has 29 heavy (non-hydrogen) atoms. The van der Waals surface area contributed by atoms with Crippen molar-refractivity contribution in [2.75, 3.05) is 0 Å². The third kappa shape index (κ3) is 4.35. The molecule has 0 fully saturated rings. The van der Waals surface area contributed by atoms with Gasteiger partial charge in [-0.2, -0.15) is 0 Å². The van der Waals surface area contributed by atoms with Crippen molar-refractivity contribution in [3.05, 3.63) is 65.4 Å². The van der Waals surface area contributed by atoms with E-state index >= 15 is 0 Å². The number of aromatic nitrogens is 1.